The zero-order chi connectivity index (χ0) is 16.7. The summed E-state index contributed by atoms with van der Waals surface area (Å²) in [4.78, 5) is 27.5. The molecule has 0 unspecified atom stereocenters. The molecule has 2 aromatic rings. The fourth-order valence-corrected chi connectivity index (χ4v) is 2.10. The van der Waals surface area contributed by atoms with Gasteiger partial charge in [0.05, 0.1) is 0 Å². The molecule has 0 spiro atoms. The van der Waals surface area contributed by atoms with Crippen LogP contribution >= 0.6 is 11.8 Å². The van der Waals surface area contributed by atoms with E-state index in [1.165, 1.54) is 36.5 Å². The zero-order valence-electron chi connectivity index (χ0n) is 11.7. The van der Waals surface area contributed by atoms with Gasteiger partial charge in [-0.3, -0.25) is 4.79 Å². The molecule has 0 aliphatic heterocycles. The summed E-state index contributed by atoms with van der Waals surface area (Å²) in [7, 11) is 0. The number of carbonyl (C=O) groups is 2. The normalized spacial score (nSPS) is 10.4. The molecule has 120 valence electrons. The van der Waals surface area contributed by atoms with Gasteiger partial charge in [0.25, 0.3) is 11.7 Å². The maximum atomic E-state index is 12.2. The van der Waals surface area contributed by atoms with Crippen LogP contribution in [0, 0.1) is 0 Å². The summed E-state index contributed by atoms with van der Waals surface area (Å²) in [5.74, 6) is -3.74. The molecule has 1 aromatic heterocycles. The van der Waals surface area contributed by atoms with Crippen molar-refractivity contribution in [3.05, 3.63) is 54.4 Å². The van der Waals surface area contributed by atoms with E-state index in [2.05, 4.69) is 10.3 Å². The second kappa shape index (κ2) is 8.23. The second-order valence-corrected chi connectivity index (χ2v) is 5.31. The topological polar surface area (TPSA) is 68.3 Å². The van der Waals surface area contributed by atoms with Crippen molar-refractivity contribution < 1.29 is 23.1 Å². The van der Waals surface area contributed by atoms with E-state index in [4.69, 9.17) is 4.74 Å². The second-order valence-electron chi connectivity index (χ2n) is 4.24. The molecule has 0 aliphatic rings. The molecule has 0 fully saturated rings. The quantitative estimate of drug-likeness (QED) is 0.647. The maximum Gasteiger partial charge on any atom is 0.357 e. The smallest absolute Gasteiger partial charge is 0.357 e. The highest BCUT2D eigenvalue weighted by atomic mass is 32.2. The molecule has 8 heteroatoms. The Labute approximate surface area is 135 Å². The van der Waals surface area contributed by atoms with Crippen LogP contribution in [0.25, 0.3) is 0 Å². The third kappa shape index (κ3) is 5.67. The predicted octanol–water partition coefficient (Wildman–Crippen LogP) is 3.19. The van der Waals surface area contributed by atoms with Crippen LogP contribution in [0.15, 0.2) is 53.6 Å². The number of esters is 1. The monoisotopic (exact) mass is 338 g/mol. The van der Waals surface area contributed by atoms with Gasteiger partial charge in [0.15, 0.2) is 6.61 Å². The molecule has 0 bridgehead atoms. The van der Waals surface area contributed by atoms with Gasteiger partial charge in [-0.1, -0.05) is 17.8 Å². The van der Waals surface area contributed by atoms with Crippen LogP contribution in [-0.4, -0.2) is 29.2 Å². The molecule has 2 rings (SSSR count). The highest BCUT2D eigenvalue weighted by Crippen LogP contribution is 2.26. The molecular weight excluding hydrogens is 326 g/mol. The molecule has 0 saturated heterocycles. The molecule has 0 atom stereocenters. The van der Waals surface area contributed by atoms with Gasteiger partial charge in [0, 0.05) is 16.8 Å². The minimum absolute atomic E-state index is 0.105. The van der Waals surface area contributed by atoms with Gasteiger partial charge in [-0.25, -0.2) is 9.78 Å². The number of ether oxygens (including phenoxy) is 1. The molecule has 1 aromatic carbocycles. The average molecular weight is 338 g/mol. The van der Waals surface area contributed by atoms with E-state index in [1.807, 2.05) is 0 Å². The Morgan fingerprint density at radius 3 is 2.52 bits per heavy atom. The summed E-state index contributed by atoms with van der Waals surface area (Å²) < 4.78 is 29.2. The van der Waals surface area contributed by atoms with E-state index in [9.17, 15) is 18.4 Å². The maximum absolute atomic E-state index is 12.2. The van der Waals surface area contributed by atoms with Gasteiger partial charge in [-0.05, 0) is 36.4 Å². The summed E-state index contributed by atoms with van der Waals surface area (Å²) in [5.41, 5.74) is 0.524. The standard InChI is InChI=1S/C15H12F2N2O3S/c16-15(17)23-11-6-4-10(5-7-11)19-13(20)9-22-14(21)12-3-1-2-8-18-12/h1-8,15H,9H2,(H,19,20). The zero-order valence-corrected chi connectivity index (χ0v) is 12.6. The largest absolute Gasteiger partial charge is 0.451 e. The van der Waals surface area contributed by atoms with E-state index in [0.29, 0.717) is 22.3 Å². The first kappa shape index (κ1) is 16.9. The highest BCUT2D eigenvalue weighted by molar-refractivity contribution is 7.99. The number of halogens is 2. The van der Waals surface area contributed by atoms with Gasteiger partial charge in [-0.15, -0.1) is 0 Å². The average Bonchev–Trinajstić information content (AvgIpc) is 2.55. The van der Waals surface area contributed by atoms with E-state index in [0.717, 1.165) is 0 Å². The minimum Gasteiger partial charge on any atom is -0.451 e. The van der Waals surface area contributed by atoms with Gasteiger partial charge >= 0.3 is 5.97 Å². The fourth-order valence-electron chi connectivity index (χ4n) is 1.61. The Morgan fingerprint density at radius 1 is 1.17 bits per heavy atom. The van der Waals surface area contributed by atoms with Crippen molar-refractivity contribution in [3.8, 4) is 0 Å². The lowest BCUT2D eigenvalue weighted by Gasteiger charge is -2.07. The number of pyridine rings is 1. The molecule has 1 amide bonds. The summed E-state index contributed by atoms with van der Waals surface area (Å²) >= 11 is 0.415. The third-order valence-corrected chi connectivity index (χ3v) is 3.29. The third-order valence-electron chi connectivity index (χ3n) is 2.57. The number of rotatable bonds is 6. The first-order chi connectivity index (χ1) is 11.0. The van der Waals surface area contributed by atoms with Crippen molar-refractivity contribution in [1.29, 1.82) is 0 Å². The van der Waals surface area contributed by atoms with E-state index >= 15 is 0 Å². The SMILES string of the molecule is O=C(COC(=O)c1ccccn1)Nc1ccc(SC(F)F)cc1. The van der Waals surface area contributed by atoms with Gasteiger partial charge in [0.2, 0.25) is 0 Å². The summed E-state index contributed by atoms with van der Waals surface area (Å²) in [5, 5.41) is 2.50. The van der Waals surface area contributed by atoms with Crippen molar-refractivity contribution in [2.24, 2.45) is 0 Å². The molecule has 0 saturated carbocycles. The molecule has 1 heterocycles. The van der Waals surface area contributed by atoms with Crippen LogP contribution in [-0.2, 0) is 9.53 Å². The van der Waals surface area contributed by atoms with Crippen LogP contribution in [0.1, 0.15) is 10.5 Å². The fraction of sp³-hybridized carbons (Fsp3) is 0.133. The van der Waals surface area contributed by atoms with Crippen LogP contribution < -0.4 is 5.32 Å². The van der Waals surface area contributed by atoms with E-state index in [-0.39, 0.29) is 5.69 Å². The number of nitrogens with one attached hydrogen (secondary N) is 1. The Balaban J connectivity index is 1.81. The number of alkyl halides is 2. The Kier molecular flexibility index (Phi) is 6.04. The highest BCUT2D eigenvalue weighted by Gasteiger charge is 2.11. The van der Waals surface area contributed by atoms with Crippen molar-refractivity contribution in [1.82, 2.24) is 4.98 Å². The summed E-state index contributed by atoms with van der Waals surface area (Å²) in [6.07, 6.45) is 1.44. The van der Waals surface area contributed by atoms with E-state index < -0.39 is 24.2 Å². The first-order valence-corrected chi connectivity index (χ1v) is 7.35. The van der Waals surface area contributed by atoms with Gasteiger partial charge < -0.3 is 10.1 Å². The number of hydrogen-bond acceptors (Lipinski definition) is 5. The lowest BCUT2D eigenvalue weighted by molar-refractivity contribution is -0.119. The van der Waals surface area contributed by atoms with Crippen LogP contribution in [0.2, 0.25) is 0 Å². The summed E-state index contributed by atoms with van der Waals surface area (Å²) in [6.45, 7) is -0.469. The van der Waals surface area contributed by atoms with Crippen LogP contribution in [0.4, 0.5) is 14.5 Å². The molecular formula is C15H12F2N2O3S. The lowest BCUT2D eigenvalue weighted by atomic mass is 10.3. The number of aromatic nitrogens is 1. The predicted molar refractivity (Wildman–Crippen MR) is 81.5 cm³/mol. The molecule has 0 radical (unpaired) electrons. The number of anilines is 1. The lowest BCUT2D eigenvalue weighted by Crippen LogP contribution is -2.21. The number of carbonyl (C=O) groups excluding carboxylic acids is 2. The van der Waals surface area contributed by atoms with Crippen LogP contribution in [0.5, 0.6) is 0 Å². The number of thioether (sulfide) groups is 1. The van der Waals surface area contributed by atoms with Gasteiger partial charge in [-0.2, -0.15) is 8.78 Å². The van der Waals surface area contributed by atoms with Crippen molar-refractivity contribution >= 4 is 29.3 Å². The molecule has 0 aliphatic carbocycles. The van der Waals surface area contributed by atoms with Gasteiger partial charge in [0.1, 0.15) is 5.69 Å². The molecule has 1 N–H and O–H groups in total. The van der Waals surface area contributed by atoms with E-state index in [1.54, 1.807) is 12.1 Å². The van der Waals surface area contributed by atoms with Crippen LogP contribution in [0.3, 0.4) is 0 Å². The Bertz CT molecular complexity index is 666. The minimum atomic E-state index is -2.50. The Hall–Kier alpha value is -2.48. The summed E-state index contributed by atoms with van der Waals surface area (Å²) in [6, 6.07) is 10.7. The molecule has 5 nitrogen and oxygen atoms in total. The van der Waals surface area contributed by atoms with Crippen molar-refractivity contribution in [2.45, 2.75) is 10.7 Å². The number of amides is 1. The number of nitrogens with zero attached hydrogens (tertiary/aromatic N) is 1. The Morgan fingerprint density at radius 2 is 1.91 bits per heavy atom. The van der Waals surface area contributed by atoms with Crippen molar-refractivity contribution in [3.63, 3.8) is 0 Å². The number of hydrogen-bond donors (Lipinski definition) is 1. The first-order valence-electron chi connectivity index (χ1n) is 6.47. The van der Waals surface area contributed by atoms with Crippen molar-refractivity contribution in [2.75, 3.05) is 11.9 Å². The number of benzene rings is 1. The molecule has 23 heavy (non-hydrogen) atoms.